The second-order valence-electron chi connectivity index (χ2n) is 5.72. The van der Waals surface area contributed by atoms with Gasteiger partial charge >= 0.3 is 0 Å². The third-order valence-electron chi connectivity index (χ3n) is 4.05. The van der Waals surface area contributed by atoms with E-state index < -0.39 is 0 Å². The molecule has 1 heterocycles. The van der Waals surface area contributed by atoms with E-state index >= 15 is 0 Å². The molecular formula is C19H19BrN4O. The second kappa shape index (κ2) is 7.61. The van der Waals surface area contributed by atoms with E-state index in [9.17, 15) is 4.79 Å². The smallest absolute Gasteiger partial charge is 0.276 e. The first-order chi connectivity index (χ1) is 12.1. The number of hydrogen-bond donors (Lipinski definition) is 0. The van der Waals surface area contributed by atoms with E-state index in [0.29, 0.717) is 18.8 Å². The maximum atomic E-state index is 12.9. The zero-order valence-electron chi connectivity index (χ0n) is 14.2. The lowest BCUT2D eigenvalue weighted by Crippen LogP contribution is -2.31. The first-order valence-electron chi connectivity index (χ1n) is 8.11. The lowest BCUT2D eigenvalue weighted by Gasteiger charge is -2.20. The minimum atomic E-state index is -0.104. The van der Waals surface area contributed by atoms with Crippen LogP contribution in [0.4, 0.5) is 0 Å². The molecule has 0 unspecified atom stereocenters. The maximum Gasteiger partial charge on any atom is 0.276 e. The normalized spacial score (nSPS) is 10.7. The van der Waals surface area contributed by atoms with Gasteiger partial charge in [0, 0.05) is 17.6 Å². The summed E-state index contributed by atoms with van der Waals surface area (Å²) in [5.74, 6) is -0.104. The highest BCUT2D eigenvalue weighted by Gasteiger charge is 2.22. The van der Waals surface area contributed by atoms with Crippen LogP contribution in [0, 0.1) is 6.92 Å². The van der Waals surface area contributed by atoms with Crippen molar-refractivity contribution in [3.8, 4) is 5.69 Å². The van der Waals surface area contributed by atoms with Crippen molar-refractivity contribution in [1.82, 2.24) is 19.9 Å². The van der Waals surface area contributed by atoms with Crippen LogP contribution < -0.4 is 0 Å². The summed E-state index contributed by atoms with van der Waals surface area (Å²) in [6, 6.07) is 17.7. The molecule has 6 heteroatoms. The lowest BCUT2D eigenvalue weighted by atomic mass is 10.2. The van der Waals surface area contributed by atoms with Crippen molar-refractivity contribution in [3.63, 3.8) is 0 Å². The molecule has 0 saturated heterocycles. The van der Waals surface area contributed by atoms with E-state index in [1.165, 1.54) is 0 Å². The van der Waals surface area contributed by atoms with Crippen molar-refractivity contribution < 1.29 is 4.79 Å². The van der Waals surface area contributed by atoms with Gasteiger partial charge in [0.1, 0.15) is 0 Å². The van der Waals surface area contributed by atoms with Gasteiger partial charge in [0.05, 0.1) is 11.4 Å². The van der Waals surface area contributed by atoms with Gasteiger partial charge in [-0.2, -0.15) is 0 Å². The second-order valence-corrected chi connectivity index (χ2v) is 6.63. The molecular weight excluding hydrogens is 380 g/mol. The maximum absolute atomic E-state index is 12.9. The molecule has 5 nitrogen and oxygen atoms in total. The fourth-order valence-electron chi connectivity index (χ4n) is 2.64. The molecule has 3 aromatic rings. The Balaban J connectivity index is 1.85. The van der Waals surface area contributed by atoms with E-state index in [-0.39, 0.29) is 5.91 Å². The van der Waals surface area contributed by atoms with Crippen molar-refractivity contribution in [2.75, 3.05) is 6.54 Å². The van der Waals surface area contributed by atoms with E-state index in [4.69, 9.17) is 0 Å². The Bertz CT molecular complexity index is 859. The third-order valence-corrected chi connectivity index (χ3v) is 4.58. The Hall–Kier alpha value is -2.47. The van der Waals surface area contributed by atoms with Crippen LogP contribution in [0.1, 0.15) is 28.7 Å². The number of carbonyl (C=O) groups excluding carboxylic acids is 1. The molecule has 128 valence electrons. The number of nitrogens with zero attached hydrogens (tertiary/aromatic N) is 4. The standard InChI is InChI=1S/C19H19BrN4O/c1-3-23(13-15-7-5-4-6-8-15)19(25)18-14(2)24(22-21-18)17-11-9-16(20)10-12-17/h4-12H,3,13H2,1-2H3. The monoisotopic (exact) mass is 398 g/mol. The van der Waals surface area contributed by atoms with Gasteiger partial charge in [0.2, 0.25) is 0 Å². The van der Waals surface area contributed by atoms with Crippen molar-refractivity contribution in [2.24, 2.45) is 0 Å². The molecule has 25 heavy (non-hydrogen) atoms. The van der Waals surface area contributed by atoms with E-state index in [1.54, 1.807) is 9.58 Å². The van der Waals surface area contributed by atoms with Crippen molar-refractivity contribution >= 4 is 21.8 Å². The van der Waals surface area contributed by atoms with Gasteiger partial charge < -0.3 is 4.90 Å². The number of carbonyl (C=O) groups is 1. The van der Waals surface area contributed by atoms with Crippen molar-refractivity contribution in [1.29, 1.82) is 0 Å². The summed E-state index contributed by atoms with van der Waals surface area (Å²) in [5, 5.41) is 8.30. The Morgan fingerprint density at radius 1 is 1.12 bits per heavy atom. The molecule has 1 aromatic heterocycles. The Morgan fingerprint density at radius 2 is 1.80 bits per heavy atom. The van der Waals surface area contributed by atoms with Gasteiger partial charge in [-0.3, -0.25) is 4.79 Å². The highest BCUT2D eigenvalue weighted by atomic mass is 79.9. The minimum absolute atomic E-state index is 0.104. The van der Waals surface area contributed by atoms with Crippen molar-refractivity contribution in [2.45, 2.75) is 20.4 Å². The largest absolute Gasteiger partial charge is 0.333 e. The molecule has 0 radical (unpaired) electrons. The number of hydrogen-bond acceptors (Lipinski definition) is 3. The fourth-order valence-corrected chi connectivity index (χ4v) is 2.90. The van der Waals surface area contributed by atoms with E-state index in [2.05, 4.69) is 26.2 Å². The van der Waals surface area contributed by atoms with Gasteiger partial charge in [-0.25, -0.2) is 4.68 Å². The SMILES string of the molecule is CCN(Cc1ccccc1)C(=O)c1nnn(-c2ccc(Br)cc2)c1C. The predicted molar refractivity (Wildman–Crippen MR) is 101 cm³/mol. The first-order valence-corrected chi connectivity index (χ1v) is 8.91. The molecule has 0 aliphatic heterocycles. The highest BCUT2D eigenvalue weighted by Crippen LogP contribution is 2.17. The molecule has 3 rings (SSSR count). The van der Waals surface area contributed by atoms with Gasteiger partial charge in [-0.05, 0) is 43.7 Å². The molecule has 0 atom stereocenters. The van der Waals surface area contributed by atoms with Gasteiger partial charge in [0.25, 0.3) is 5.91 Å². The summed E-state index contributed by atoms with van der Waals surface area (Å²) in [7, 11) is 0. The van der Waals surface area contributed by atoms with Crippen LogP contribution >= 0.6 is 15.9 Å². The summed E-state index contributed by atoms with van der Waals surface area (Å²) in [5.41, 5.74) is 3.09. The van der Waals surface area contributed by atoms with Crippen LogP contribution in [0.25, 0.3) is 5.69 Å². The Labute approximate surface area is 155 Å². The van der Waals surface area contributed by atoms with Crippen LogP contribution in [-0.4, -0.2) is 32.3 Å². The fraction of sp³-hybridized carbons (Fsp3) is 0.211. The zero-order chi connectivity index (χ0) is 17.8. The summed E-state index contributed by atoms with van der Waals surface area (Å²) in [4.78, 5) is 14.7. The van der Waals surface area contributed by atoms with Crippen LogP contribution in [0.3, 0.4) is 0 Å². The molecule has 2 aromatic carbocycles. The molecule has 1 amide bonds. The lowest BCUT2D eigenvalue weighted by molar-refractivity contribution is 0.0746. The van der Waals surface area contributed by atoms with Gasteiger partial charge in [-0.1, -0.05) is 51.5 Å². The predicted octanol–water partition coefficient (Wildman–Crippen LogP) is 4.00. The average Bonchev–Trinajstić information content (AvgIpc) is 3.02. The average molecular weight is 399 g/mol. The number of aromatic nitrogens is 3. The van der Waals surface area contributed by atoms with Crippen LogP contribution in [0.15, 0.2) is 59.1 Å². The van der Waals surface area contributed by atoms with Gasteiger partial charge in [0.15, 0.2) is 5.69 Å². The molecule has 0 saturated carbocycles. The third kappa shape index (κ3) is 3.79. The summed E-state index contributed by atoms with van der Waals surface area (Å²) in [6.07, 6.45) is 0. The summed E-state index contributed by atoms with van der Waals surface area (Å²) < 4.78 is 2.68. The Morgan fingerprint density at radius 3 is 2.44 bits per heavy atom. The highest BCUT2D eigenvalue weighted by molar-refractivity contribution is 9.10. The molecule has 0 fully saturated rings. The number of halogens is 1. The minimum Gasteiger partial charge on any atom is -0.333 e. The topological polar surface area (TPSA) is 51.0 Å². The number of amides is 1. The molecule has 0 aliphatic carbocycles. The molecule has 0 spiro atoms. The summed E-state index contributed by atoms with van der Waals surface area (Å²) >= 11 is 3.42. The van der Waals surface area contributed by atoms with Gasteiger partial charge in [-0.15, -0.1) is 5.10 Å². The first kappa shape index (κ1) is 17.4. The number of rotatable bonds is 5. The number of benzene rings is 2. The quantitative estimate of drug-likeness (QED) is 0.652. The van der Waals surface area contributed by atoms with Crippen LogP contribution in [-0.2, 0) is 6.54 Å². The zero-order valence-corrected chi connectivity index (χ0v) is 15.8. The molecule has 0 N–H and O–H groups in total. The summed E-state index contributed by atoms with van der Waals surface area (Å²) in [6.45, 7) is 5.00. The van der Waals surface area contributed by atoms with Crippen LogP contribution in [0.2, 0.25) is 0 Å². The molecule has 0 bridgehead atoms. The Kier molecular flexibility index (Phi) is 5.28. The molecule has 0 aliphatic rings. The van der Waals surface area contributed by atoms with Crippen LogP contribution in [0.5, 0.6) is 0 Å². The van der Waals surface area contributed by atoms with Crippen molar-refractivity contribution in [3.05, 3.63) is 76.0 Å². The van der Waals surface area contributed by atoms with E-state index in [0.717, 1.165) is 21.4 Å². The van der Waals surface area contributed by atoms with E-state index in [1.807, 2.05) is 68.4 Å².